The number of aliphatic hydroxyl groups is 1. The van der Waals surface area contributed by atoms with E-state index in [0.717, 1.165) is 17.9 Å². The van der Waals surface area contributed by atoms with E-state index in [0.29, 0.717) is 12.6 Å². The zero-order chi connectivity index (χ0) is 14.5. The highest BCUT2D eigenvalue weighted by molar-refractivity contribution is 5.17. The Morgan fingerprint density at radius 1 is 1.25 bits per heavy atom. The molecule has 0 saturated carbocycles. The minimum atomic E-state index is -0.469. The van der Waals surface area contributed by atoms with Crippen molar-refractivity contribution in [3.05, 3.63) is 54.1 Å². The summed E-state index contributed by atoms with van der Waals surface area (Å²) in [6, 6.07) is 10.2. The topological polar surface area (TPSA) is 41.3 Å². The Kier molecular flexibility index (Phi) is 4.93. The monoisotopic (exact) mass is 273 g/mol. The molecule has 0 saturated heterocycles. The van der Waals surface area contributed by atoms with Crippen LogP contribution in [0.1, 0.15) is 37.4 Å². The minimum Gasteiger partial charge on any atom is -0.387 e. The lowest BCUT2D eigenvalue weighted by Gasteiger charge is -2.21. The molecule has 0 spiro atoms. The fourth-order valence-corrected chi connectivity index (χ4v) is 2.32. The van der Waals surface area contributed by atoms with E-state index in [2.05, 4.69) is 28.3 Å². The van der Waals surface area contributed by atoms with E-state index >= 15 is 0 Å². The van der Waals surface area contributed by atoms with Crippen molar-refractivity contribution in [2.75, 3.05) is 13.6 Å². The summed E-state index contributed by atoms with van der Waals surface area (Å²) in [6.45, 7) is 5.61. The normalized spacial score (nSPS) is 13.1. The number of benzene rings is 1. The molecule has 20 heavy (non-hydrogen) atoms. The van der Waals surface area contributed by atoms with Crippen LogP contribution in [0, 0.1) is 0 Å². The molecule has 0 amide bonds. The molecular weight excluding hydrogens is 250 g/mol. The molecule has 1 aromatic carbocycles. The Morgan fingerprint density at radius 3 is 2.60 bits per heavy atom. The highest BCUT2D eigenvalue weighted by atomic mass is 16.3. The number of hydrogen-bond donors (Lipinski definition) is 1. The molecule has 1 atom stereocenters. The molecule has 0 unspecified atom stereocenters. The number of aliphatic hydroxyl groups excluding tert-OH is 1. The van der Waals surface area contributed by atoms with Crippen LogP contribution < -0.4 is 0 Å². The summed E-state index contributed by atoms with van der Waals surface area (Å²) in [5.74, 6) is 1.03. The average molecular weight is 273 g/mol. The summed E-state index contributed by atoms with van der Waals surface area (Å²) in [7, 11) is 2.01. The third kappa shape index (κ3) is 3.68. The molecule has 0 bridgehead atoms. The first-order chi connectivity index (χ1) is 9.58. The van der Waals surface area contributed by atoms with Gasteiger partial charge in [0.05, 0.1) is 12.6 Å². The van der Waals surface area contributed by atoms with Gasteiger partial charge in [-0.3, -0.25) is 4.90 Å². The van der Waals surface area contributed by atoms with Gasteiger partial charge in [0.1, 0.15) is 5.82 Å². The van der Waals surface area contributed by atoms with Gasteiger partial charge in [-0.15, -0.1) is 0 Å². The zero-order valence-corrected chi connectivity index (χ0v) is 12.4. The second-order valence-electron chi connectivity index (χ2n) is 5.47. The number of rotatable bonds is 6. The van der Waals surface area contributed by atoms with Gasteiger partial charge in [-0.2, -0.15) is 0 Å². The van der Waals surface area contributed by atoms with Crippen molar-refractivity contribution in [3.63, 3.8) is 0 Å². The largest absolute Gasteiger partial charge is 0.387 e. The second kappa shape index (κ2) is 6.68. The van der Waals surface area contributed by atoms with Crippen molar-refractivity contribution in [3.8, 4) is 0 Å². The Morgan fingerprint density at radius 2 is 1.95 bits per heavy atom. The molecule has 0 aliphatic rings. The van der Waals surface area contributed by atoms with E-state index in [9.17, 15) is 5.11 Å². The van der Waals surface area contributed by atoms with E-state index in [1.807, 2.05) is 49.8 Å². The van der Waals surface area contributed by atoms with Crippen LogP contribution in [-0.2, 0) is 6.54 Å². The summed E-state index contributed by atoms with van der Waals surface area (Å²) < 4.78 is 2.16. The van der Waals surface area contributed by atoms with Crippen LogP contribution in [0.4, 0.5) is 0 Å². The van der Waals surface area contributed by atoms with E-state index < -0.39 is 6.10 Å². The van der Waals surface area contributed by atoms with Crippen molar-refractivity contribution in [1.29, 1.82) is 0 Å². The van der Waals surface area contributed by atoms with Gasteiger partial charge < -0.3 is 9.67 Å². The fourth-order valence-electron chi connectivity index (χ4n) is 2.32. The number of imidazole rings is 1. The molecular formula is C16H23N3O. The van der Waals surface area contributed by atoms with Crippen LogP contribution in [0.2, 0.25) is 0 Å². The van der Waals surface area contributed by atoms with E-state index in [1.165, 1.54) is 0 Å². The van der Waals surface area contributed by atoms with E-state index in [4.69, 9.17) is 0 Å². The van der Waals surface area contributed by atoms with Crippen LogP contribution in [0.25, 0.3) is 0 Å². The van der Waals surface area contributed by atoms with Gasteiger partial charge >= 0.3 is 0 Å². The molecule has 0 aliphatic carbocycles. The summed E-state index contributed by atoms with van der Waals surface area (Å²) in [5, 5.41) is 10.2. The van der Waals surface area contributed by atoms with Gasteiger partial charge in [0.2, 0.25) is 0 Å². The van der Waals surface area contributed by atoms with Crippen LogP contribution in [0.3, 0.4) is 0 Å². The standard InChI is InChI=1S/C16H23N3O/c1-13(2)19-10-9-17-16(19)12-18(3)11-15(20)14-7-5-4-6-8-14/h4-10,13,15,20H,11-12H2,1-3H3/t15-/m1/s1. The highest BCUT2D eigenvalue weighted by Gasteiger charge is 2.13. The maximum atomic E-state index is 10.2. The molecule has 1 aromatic heterocycles. The van der Waals surface area contributed by atoms with Gasteiger partial charge in [-0.05, 0) is 26.5 Å². The molecule has 108 valence electrons. The first-order valence-electron chi connectivity index (χ1n) is 7.01. The lowest BCUT2D eigenvalue weighted by molar-refractivity contribution is 0.122. The summed E-state index contributed by atoms with van der Waals surface area (Å²) in [5.41, 5.74) is 0.951. The van der Waals surface area contributed by atoms with Crippen LogP contribution in [-0.4, -0.2) is 33.1 Å². The number of nitrogens with zero attached hydrogens (tertiary/aromatic N) is 3. The smallest absolute Gasteiger partial charge is 0.123 e. The zero-order valence-electron chi connectivity index (χ0n) is 12.4. The molecule has 0 aliphatic heterocycles. The van der Waals surface area contributed by atoms with Crippen molar-refractivity contribution in [1.82, 2.24) is 14.5 Å². The van der Waals surface area contributed by atoms with Gasteiger partial charge in [0, 0.05) is 25.0 Å². The summed E-state index contributed by atoms with van der Waals surface area (Å²) in [6.07, 6.45) is 3.36. The van der Waals surface area contributed by atoms with Crippen molar-refractivity contribution in [2.45, 2.75) is 32.5 Å². The highest BCUT2D eigenvalue weighted by Crippen LogP contribution is 2.15. The number of aromatic nitrogens is 2. The molecule has 0 fully saturated rings. The summed E-state index contributed by atoms with van der Waals surface area (Å²) >= 11 is 0. The first-order valence-corrected chi connectivity index (χ1v) is 7.01. The van der Waals surface area contributed by atoms with Crippen LogP contribution in [0.15, 0.2) is 42.7 Å². The van der Waals surface area contributed by atoms with Crippen LogP contribution in [0.5, 0.6) is 0 Å². The van der Waals surface area contributed by atoms with E-state index in [-0.39, 0.29) is 0 Å². The Hall–Kier alpha value is -1.65. The maximum Gasteiger partial charge on any atom is 0.123 e. The third-order valence-electron chi connectivity index (χ3n) is 3.39. The minimum absolute atomic E-state index is 0.403. The Bertz CT molecular complexity index is 522. The predicted octanol–water partition coefficient (Wildman–Crippen LogP) is 2.63. The molecule has 4 nitrogen and oxygen atoms in total. The van der Waals surface area contributed by atoms with Gasteiger partial charge in [0.25, 0.3) is 0 Å². The van der Waals surface area contributed by atoms with E-state index in [1.54, 1.807) is 0 Å². The van der Waals surface area contributed by atoms with Crippen molar-refractivity contribution >= 4 is 0 Å². The van der Waals surface area contributed by atoms with Crippen LogP contribution >= 0.6 is 0 Å². The summed E-state index contributed by atoms with van der Waals surface area (Å²) in [4.78, 5) is 6.49. The van der Waals surface area contributed by atoms with Gasteiger partial charge in [-0.1, -0.05) is 30.3 Å². The average Bonchev–Trinajstić information content (AvgIpc) is 2.87. The fraction of sp³-hybridized carbons (Fsp3) is 0.438. The molecule has 1 N–H and O–H groups in total. The second-order valence-corrected chi connectivity index (χ2v) is 5.47. The molecule has 0 radical (unpaired) electrons. The quantitative estimate of drug-likeness (QED) is 0.879. The Labute approximate surface area is 120 Å². The third-order valence-corrected chi connectivity index (χ3v) is 3.39. The molecule has 2 aromatic rings. The molecule has 1 heterocycles. The van der Waals surface area contributed by atoms with Crippen molar-refractivity contribution < 1.29 is 5.11 Å². The molecule has 4 heteroatoms. The lowest BCUT2D eigenvalue weighted by atomic mass is 10.1. The number of hydrogen-bond acceptors (Lipinski definition) is 3. The Balaban J connectivity index is 1.95. The number of likely N-dealkylation sites (N-methyl/N-ethyl adjacent to an activating group) is 1. The first kappa shape index (κ1) is 14.8. The molecule has 2 rings (SSSR count). The lowest BCUT2D eigenvalue weighted by Crippen LogP contribution is -2.26. The van der Waals surface area contributed by atoms with Gasteiger partial charge in [0.15, 0.2) is 0 Å². The predicted molar refractivity (Wildman–Crippen MR) is 80.3 cm³/mol. The SMILES string of the molecule is CC(C)n1ccnc1CN(C)C[C@@H](O)c1ccccc1. The maximum absolute atomic E-state index is 10.2. The van der Waals surface area contributed by atoms with Crippen molar-refractivity contribution in [2.24, 2.45) is 0 Å². The van der Waals surface area contributed by atoms with Gasteiger partial charge in [-0.25, -0.2) is 4.98 Å².